The first-order chi connectivity index (χ1) is 16.3. The molecule has 34 heavy (non-hydrogen) atoms. The SMILES string of the molecule is O=C(COC(=O)Cn1c2ccccc2c(=O)c2ccccc21)Nc1ccc(OC(F)F)c(Cl)c1. The van der Waals surface area contributed by atoms with Crippen molar-refractivity contribution >= 4 is 51.0 Å². The molecule has 0 unspecified atom stereocenters. The van der Waals surface area contributed by atoms with Crippen LogP contribution < -0.4 is 15.5 Å². The highest BCUT2D eigenvalue weighted by Gasteiger charge is 2.15. The van der Waals surface area contributed by atoms with Crippen LogP contribution >= 0.6 is 11.6 Å². The number of alkyl halides is 2. The summed E-state index contributed by atoms with van der Waals surface area (Å²) in [7, 11) is 0. The second kappa shape index (κ2) is 9.88. The molecule has 0 atom stereocenters. The summed E-state index contributed by atoms with van der Waals surface area (Å²) in [6.07, 6.45) is 0. The monoisotopic (exact) mass is 486 g/mol. The minimum atomic E-state index is -3.03. The number of para-hydroxylation sites is 2. The zero-order chi connectivity index (χ0) is 24.2. The number of fused-ring (bicyclic) bond motifs is 2. The van der Waals surface area contributed by atoms with Crippen molar-refractivity contribution in [3.8, 4) is 5.75 Å². The van der Waals surface area contributed by atoms with Gasteiger partial charge in [0.1, 0.15) is 12.3 Å². The van der Waals surface area contributed by atoms with Crippen LogP contribution in [-0.4, -0.2) is 29.7 Å². The van der Waals surface area contributed by atoms with Gasteiger partial charge in [-0.1, -0.05) is 35.9 Å². The second-order valence-electron chi connectivity index (χ2n) is 7.18. The second-order valence-corrected chi connectivity index (χ2v) is 7.59. The number of halogens is 3. The number of hydrogen-bond donors (Lipinski definition) is 1. The summed E-state index contributed by atoms with van der Waals surface area (Å²) >= 11 is 5.86. The molecule has 1 heterocycles. The van der Waals surface area contributed by atoms with Gasteiger partial charge in [-0.25, -0.2) is 0 Å². The lowest BCUT2D eigenvalue weighted by atomic mass is 10.1. The van der Waals surface area contributed by atoms with Crippen molar-refractivity contribution < 1.29 is 27.8 Å². The molecular formula is C24H17ClF2N2O5. The van der Waals surface area contributed by atoms with Crippen molar-refractivity contribution in [3.63, 3.8) is 0 Å². The first-order valence-electron chi connectivity index (χ1n) is 10.0. The Hall–Kier alpha value is -3.98. The van der Waals surface area contributed by atoms with Crippen LogP contribution in [0.25, 0.3) is 21.8 Å². The molecule has 7 nitrogen and oxygen atoms in total. The standard InChI is InChI=1S/C24H17ClF2N2O5/c25-17-11-14(9-10-20(17)34-24(26)27)28-21(30)13-33-22(31)12-29-18-7-3-1-5-15(18)23(32)16-6-2-4-8-19(16)29/h1-11,24H,12-13H2,(H,28,30). The van der Waals surface area contributed by atoms with Gasteiger partial charge in [0.25, 0.3) is 5.91 Å². The summed E-state index contributed by atoms with van der Waals surface area (Å²) in [5.41, 5.74) is 1.20. The molecule has 3 aromatic carbocycles. The Kier molecular flexibility index (Phi) is 6.74. The van der Waals surface area contributed by atoms with Crippen LogP contribution in [0, 0.1) is 0 Å². The Bertz CT molecular complexity index is 1390. The van der Waals surface area contributed by atoms with Gasteiger partial charge in [-0.3, -0.25) is 14.4 Å². The molecule has 0 aliphatic rings. The lowest BCUT2D eigenvalue weighted by Gasteiger charge is -2.14. The van der Waals surface area contributed by atoms with Gasteiger partial charge >= 0.3 is 12.6 Å². The van der Waals surface area contributed by atoms with E-state index in [1.807, 2.05) is 0 Å². The molecule has 0 aliphatic carbocycles. The number of pyridine rings is 1. The minimum absolute atomic E-state index is 0.118. The van der Waals surface area contributed by atoms with Crippen molar-refractivity contribution in [1.82, 2.24) is 4.57 Å². The first-order valence-corrected chi connectivity index (χ1v) is 10.4. The van der Waals surface area contributed by atoms with E-state index in [-0.39, 0.29) is 28.4 Å². The normalized spacial score (nSPS) is 11.1. The molecule has 0 spiro atoms. The Balaban J connectivity index is 1.45. The molecule has 0 fully saturated rings. The molecule has 1 aromatic heterocycles. The van der Waals surface area contributed by atoms with E-state index in [1.54, 1.807) is 53.1 Å². The Morgan fingerprint density at radius 1 is 0.971 bits per heavy atom. The highest BCUT2D eigenvalue weighted by molar-refractivity contribution is 6.32. The molecule has 1 N–H and O–H groups in total. The van der Waals surface area contributed by atoms with Crippen LogP contribution in [0.2, 0.25) is 5.02 Å². The highest BCUT2D eigenvalue weighted by Crippen LogP contribution is 2.29. The summed E-state index contributed by atoms with van der Waals surface area (Å²) in [5, 5.41) is 3.26. The lowest BCUT2D eigenvalue weighted by Crippen LogP contribution is -2.24. The average molecular weight is 487 g/mol. The number of nitrogens with zero attached hydrogens (tertiary/aromatic N) is 1. The quantitative estimate of drug-likeness (QED) is 0.305. The fraction of sp³-hybridized carbons (Fsp3) is 0.125. The molecule has 4 rings (SSSR count). The van der Waals surface area contributed by atoms with Crippen molar-refractivity contribution in [3.05, 3.63) is 82.0 Å². The molecule has 4 aromatic rings. The first kappa shape index (κ1) is 23.2. The van der Waals surface area contributed by atoms with Crippen LogP contribution in [0.5, 0.6) is 5.75 Å². The van der Waals surface area contributed by atoms with Crippen LogP contribution in [-0.2, 0) is 20.9 Å². The van der Waals surface area contributed by atoms with Crippen LogP contribution in [0.3, 0.4) is 0 Å². The van der Waals surface area contributed by atoms with Crippen molar-refractivity contribution in [2.45, 2.75) is 13.2 Å². The molecule has 0 saturated carbocycles. The molecule has 0 radical (unpaired) electrons. The zero-order valence-electron chi connectivity index (χ0n) is 17.5. The van der Waals surface area contributed by atoms with Gasteiger partial charge in [-0.15, -0.1) is 0 Å². The predicted molar refractivity (Wildman–Crippen MR) is 123 cm³/mol. The maximum Gasteiger partial charge on any atom is 0.387 e. The number of esters is 1. The molecule has 0 saturated heterocycles. The van der Waals surface area contributed by atoms with Crippen molar-refractivity contribution in [2.75, 3.05) is 11.9 Å². The fourth-order valence-electron chi connectivity index (χ4n) is 3.54. The van der Waals surface area contributed by atoms with E-state index in [0.29, 0.717) is 21.8 Å². The molecule has 174 valence electrons. The van der Waals surface area contributed by atoms with Crippen LogP contribution in [0.4, 0.5) is 14.5 Å². The number of aromatic nitrogens is 1. The molecule has 10 heteroatoms. The third-order valence-electron chi connectivity index (χ3n) is 4.96. The maximum atomic E-state index is 12.8. The molecule has 1 amide bonds. The minimum Gasteiger partial charge on any atom is -0.454 e. The number of amides is 1. The van der Waals surface area contributed by atoms with E-state index in [4.69, 9.17) is 16.3 Å². The maximum absolute atomic E-state index is 12.8. The van der Waals surface area contributed by atoms with Gasteiger partial charge in [0.05, 0.1) is 16.1 Å². The van der Waals surface area contributed by atoms with E-state index in [1.165, 1.54) is 18.2 Å². The molecule has 0 aliphatic heterocycles. The number of ether oxygens (including phenoxy) is 2. The van der Waals surface area contributed by atoms with Gasteiger partial charge in [0.15, 0.2) is 12.0 Å². The topological polar surface area (TPSA) is 86.6 Å². The van der Waals surface area contributed by atoms with Gasteiger partial charge in [-0.2, -0.15) is 8.78 Å². The highest BCUT2D eigenvalue weighted by atomic mass is 35.5. The summed E-state index contributed by atoms with van der Waals surface area (Å²) in [6, 6.07) is 17.6. The number of rotatable bonds is 7. The number of hydrogen-bond acceptors (Lipinski definition) is 5. The number of nitrogens with one attached hydrogen (secondary N) is 1. The van der Waals surface area contributed by atoms with Crippen LogP contribution in [0.1, 0.15) is 0 Å². The molecule has 0 bridgehead atoms. The van der Waals surface area contributed by atoms with E-state index >= 15 is 0 Å². The summed E-state index contributed by atoms with van der Waals surface area (Å²) < 4.78 is 35.6. The van der Waals surface area contributed by atoms with Crippen LogP contribution in [0.15, 0.2) is 71.5 Å². The van der Waals surface area contributed by atoms with Gasteiger partial charge in [-0.05, 0) is 42.5 Å². The van der Waals surface area contributed by atoms with Gasteiger partial charge in [0.2, 0.25) is 0 Å². The van der Waals surface area contributed by atoms with Crippen molar-refractivity contribution in [1.29, 1.82) is 0 Å². The van der Waals surface area contributed by atoms with Gasteiger partial charge < -0.3 is 19.4 Å². The Labute approximate surface area is 196 Å². The van der Waals surface area contributed by atoms with Gasteiger partial charge in [0, 0.05) is 16.5 Å². The number of anilines is 1. The Morgan fingerprint density at radius 3 is 2.18 bits per heavy atom. The fourth-order valence-corrected chi connectivity index (χ4v) is 3.76. The lowest BCUT2D eigenvalue weighted by molar-refractivity contribution is -0.147. The summed E-state index contributed by atoms with van der Waals surface area (Å²) in [6.45, 7) is -3.84. The zero-order valence-corrected chi connectivity index (χ0v) is 18.2. The largest absolute Gasteiger partial charge is 0.454 e. The van der Waals surface area contributed by atoms with E-state index in [2.05, 4.69) is 10.1 Å². The van der Waals surface area contributed by atoms with Crippen molar-refractivity contribution in [2.24, 2.45) is 0 Å². The van der Waals surface area contributed by atoms with E-state index in [0.717, 1.165) is 0 Å². The third-order valence-corrected chi connectivity index (χ3v) is 5.26. The van der Waals surface area contributed by atoms with E-state index < -0.39 is 25.1 Å². The van der Waals surface area contributed by atoms with E-state index in [9.17, 15) is 23.2 Å². The number of benzene rings is 3. The average Bonchev–Trinajstić information content (AvgIpc) is 2.82. The number of carbonyl (C=O) groups excluding carboxylic acids is 2. The molecular weight excluding hydrogens is 470 g/mol. The summed E-state index contributed by atoms with van der Waals surface area (Å²) in [4.78, 5) is 37.5. The Morgan fingerprint density at radius 2 is 1.59 bits per heavy atom. The number of carbonyl (C=O) groups is 2. The summed E-state index contributed by atoms with van der Waals surface area (Å²) in [5.74, 6) is -1.57. The smallest absolute Gasteiger partial charge is 0.387 e. The third kappa shape index (κ3) is 4.99. The predicted octanol–water partition coefficient (Wildman–Crippen LogP) is 4.59.